The molecule has 1 aliphatic rings. The van der Waals surface area contributed by atoms with Crippen LogP contribution in [0.5, 0.6) is 0 Å². The minimum atomic E-state index is 1.21. The van der Waals surface area contributed by atoms with Gasteiger partial charge in [-0.05, 0) is 0 Å². The molecule has 0 aromatic carbocycles. The summed E-state index contributed by atoms with van der Waals surface area (Å²) in [6, 6.07) is 0. The third kappa shape index (κ3) is 16.7. The molecule has 0 heterocycles. The average Bonchev–Trinajstić information content (AvgIpc) is 2.43. The molecule has 0 bridgehead atoms. The summed E-state index contributed by atoms with van der Waals surface area (Å²) in [4.78, 5) is 0. The van der Waals surface area contributed by atoms with Gasteiger partial charge in [-0.25, -0.2) is 0 Å². The van der Waals surface area contributed by atoms with Crippen LogP contribution in [0.15, 0.2) is 21.5 Å². The van der Waals surface area contributed by atoms with Crippen molar-refractivity contribution >= 4 is 0 Å². The van der Waals surface area contributed by atoms with Gasteiger partial charge in [-0.3, -0.25) is 0 Å². The van der Waals surface area contributed by atoms with Gasteiger partial charge in [0.05, 0.1) is 0 Å². The van der Waals surface area contributed by atoms with Crippen LogP contribution in [0.1, 0.15) is 6.42 Å². The first kappa shape index (κ1) is 14.8. The molecule has 0 saturated carbocycles. The van der Waals surface area contributed by atoms with Crippen molar-refractivity contribution in [2.24, 2.45) is 0 Å². The normalized spacial score (nSPS) is 12.3. The van der Waals surface area contributed by atoms with Gasteiger partial charge in [-0.15, -0.1) is 0 Å². The summed E-state index contributed by atoms with van der Waals surface area (Å²) >= 11 is 1.56. The number of rotatable bonds is 0. The van der Waals surface area contributed by atoms with Crippen molar-refractivity contribution in [3.05, 3.63) is 32.1 Å². The summed E-state index contributed by atoms with van der Waals surface area (Å²) in [6.45, 7) is 0. The maximum atomic E-state index is 3.50. The molecule has 0 spiro atoms. The molecular formula is C9H17N2Zr. The Kier molecular flexibility index (Phi) is 17.1. The second kappa shape index (κ2) is 13.8. The predicted octanol–water partition coefficient (Wildman–Crippen LogP) is 2.62. The molecule has 0 N–H and O–H groups in total. The van der Waals surface area contributed by atoms with Crippen LogP contribution >= 0.6 is 0 Å². The van der Waals surface area contributed by atoms with E-state index in [-0.39, 0.29) is 0 Å². The Bertz CT molecular complexity index is 128. The molecule has 12 heavy (non-hydrogen) atoms. The summed E-state index contributed by atoms with van der Waals surface area (Å²) in [5.74, 6) is 0. The quantitative estimate of drug-likeness (QED) is 0.627. The molecule has 0 aromatic heterocycles. The first-order chi connectivity index (χ1) is 5.72. The zero-order valence-corrected chi connectivity index (χ0v) is 10.8. The van der Waals surface area contributed by atoms with Gasteiger partial charge in [0.2, 0.25) is 0 Å². The third-order valence-corrected chi connectivity index (χ3v) is 1.68. The molecule has 0 atom stereocenters. The average molecular weight is 244 g/mol. The Hall–Kier alpha value is 0.283. The second-order valence-corrected chi connectivity index (χ2v) is 3.80. The van der Waals surface area contributed by atoms with Crippen molar-refractivity contribution in [2.75, 3.05) is 28.2 Å². The molecule has 0 aliphatic heterocycles. The SMILES string of the molecule is C[N-]C.C[N-]C.[Zr+2][C]1=CC=CC1. The van der Waals surface area contributed by atoms with E-state index in [0.29, 0.717) is 0 Å². The molecule has 3 heteroatoms. The number of hydrogen-bond acceptors (Lipinski definition) is 0. The molecule has 0 amide bonds. The molecule has 0 fully saturated rings. The van der Waals surface area contributed by atoms with Crippen molar-refractivity contribution < 1.29 is 24.7 Å². The summed E-state index contributed by atoms with van der Waals surface area (Å²) < 4.78 is 1.56. The fourth-order valence-corrected chi connectivity index (χ4v) is 0.973. The molecular weight excluding hydrogens is 227 g/mol. The molecule has 67 valence electrons. The summed E-state index contributed by atoms with van der Waals surface area (Å²) in [5, 5.41) is 7.00. The molecule has 1 aliphatic carbocycles. The predicted molar refractivity (Wildman–Crippen MR) is 52.3 cm³/mol. The topological polar surface area (TPSA) is 28.2 Å². The van der Waals surface area contributed by atoms with E-state index in [0.717, 1.165) is 0 Å². The Morgan fingerprint density at radius 3 is 1.67 bits per heavy atom. The molecule has 0 radical (unpaired) electrons. The third-order valence-electron chi connectivity index (χ3n) is 0.771. The van der Waals surface area contributed by atoms with Crippen molar-refractivity contribution in [1.82, 2.24) is 0 Å². The van der Waals surface area contributed by atoms with Crippen LogP contribution in [0.2, 0.25) is 0 Å². The van der Waals surface area contributed by atoms with Crippen molar-refractivity contribution in [3.63, 3.8) is 0 Å². The van der Waals surface area contributed by atoms with Gasteiger partial charge in [0.1, 0.15) is 0 Å². The van der Waals surface area contributed by atoms with E-state index < -0.39 is 0 Å². The van der Waals surface area contributed by atoms with Crippen LogP contribution in [0.4, 0.5) is 0 Å². The van der Waals surface area contributed by atoms with Gasteiger partial charge in [-0.2, -0.15) is 28.2 Å². The molecule has 0 aromatic rings. The summed E-state index contributed by atoms with van der Waals surface area (Å²) in [7, 11) is 7.00. The van der Waals surface area contributed by atoms with Crippen LogP contribution in [0.25, 0.3) is 10.6 Å². The van der Waals surface area contributed by atoms with Gasteiger partial charge in [0.15, 0.2) is 0 Å². The van der Waals surface area contributed by atoms with Gasteiger partial charge in [0.25, 0.3) is 0 Å². The molecule has 1 rings (SSSR count). The van der Waals surface area contributed by atoms with Crippen LogP contribution in [0, 0.1) is 0 Å². The standard InChI is InChI=1S/C5H5.2C2H6N.Zr/c1-2-4-5-3-1;2*1-3-2;/h1-3H,4H2;2*1-2H3;/q;2*-1;+2. The monoisotopic (exact) mass is 243 g/mol. The Balaban J connectivity index is 0. The van der Waals surface area contributed by atoms with Crippen LogP contribution < -0.4 is 0 Å². The molecule has 2 nitrogen and oxygen atoms in total. The molecule has 0 saturated heterocycles. The fraction of sp³-hybridized carbons (Fsp3) is 0.556. The first-order valence-electron chi connectivity index (χ1n) is 3.76. The maximum absolute atomic E-state index is 3.50. The van der Waals surface area contributed by atoms with Gasteiger partial charge in [-0.1, -0.05) is 0 Å². The van der Waals surface area contributed by atoms with E-state index in [9.17, 15) is 0 Å². The zero-order valence-electron chi connectivity index (χ0n) is 8.33. The Labute approximate surface area is 91.4 Å². The summed E-state index contributed by atoms with van der Waals surface area (Å²) in [5.41, 5.74) is 0. The number of hydrogen-bond donors (Lipinski definition) is 0. The number of allylic oxidation sites excluding steroid dienone is 4. The van der Waals surface area contributed by atoms with E-state index in [1.165, 1.54) is 6.42 Å². The summed E-state index contributed by atoms with van der Waals surface area (Å²) in [6.07, 6.45) is 7.69. The zero-order chi connectivity index (χ0) is 9.82. The fourth-order valence-electron chi connectivity index (χ4n) is 0.447. The van der Waals surface area contributed by atoms with Crippen molar-refractivity contribution in [1.29, 1.82) is 0 Å². The molecule has 0 unspecified atom stereocenters. The number of nitrogens with zero attached hydrogens (tertiary/aromatic N) is 2. The Morgan fingerprint density at radius 1 is 1.17 bits per heavy atom. The minimum absolute atomic E-state index is 1.21. The first-order valence-corrected chi connectivity index (χ1v) is 4.99. The van der Waals surface area contributed by atoms with Crippen molar-refractivity contribution in [2.45, 2.75) is 6.42 Å². The second-order valence-electron chi connectivity index (χ2n) is 2.22. The van der Waals surface area contributed by atoms with E-state index in [1.54, 1.807) is 56.2 Å². The van der Waals surface area contributed by atoms with Gasteiger partial charge < -0.3 is 10.6 Å². The van der Waals surface area contributed by atoms with Crippen molar-refractivity contribution in [3.8, 4) is 0 Å². The van der Waals surface area contributed by atoms with E-state index in [2.05, 4.69) is 28.9 Å². The van der Waals surface area contributed by atoms with Crippen LogP contribution in [-0.2, 0) is 24.7 Å². The van der Waals surface area contributed by atoms with Gasteiger partial charge >= 0.3 is 52.6 Å². The van der Waals surface area contributed by atoms with Gasteiger partial charge in [0, 0.05) is 0 Å². The Morgan fingerprint density at radius 2 is 1.58 bits per heavy atom. The van der Waals surface area contributed by atoms with Crippen LogP contribution in [-0.4, -0.2) is 28.2 Å². The van der Waals surface area contributed by atoms with E-state index in [4.69, 9.17) is 0 Å². The van der Waals surface area contributed by atoms with E-state index in [1.807, 2.05) is 0 Å². The van der Waals surface area contributed by atoms with E-state index >= 15 is 0 Å². The van der Waals surface area contributed by atoms with Crippen LogP contribution in [0.3, 0.4) is 0 Å².